The highest BCUT2D eigenvalue weighted by Gasteiger charge is 2.14. The van der Waals surface area contributed by atoms with Crippen LogP contribution in [-0.4, -0.2) is 19.2 Å². The molecule has 0 atom stereocenters. The highest BCUT2D eigenvalue weighted by atomic mass is 16.2. The third-order valence-electron chi connectivity index (χ3n) is 3.98. The Balaban J connectivity index is 2.05. The lowest BCUT2D eigenvalue weighted by Crippen LogP contribution is -2.25. The van der Waals surface area contributed by atoms with Crippen molar-refractivity contribution in [2.75, 3.05) is 0 Å². The fourth-order valence-electron chi connectivity index (χ4n) is 2.79. The number of aryl methyl sites for hydroxylation is 1. The Hall–Kier alpha value is -3.15. The molecule has 6 heteroatoms. The Labute approximate surface area is 130 Å². The van der Waals surface area contributed by atoms with Gasteiger partial charge in [0, 0.05) is 0 Å². The maximum atomic E-state index is 12.8. The molecule has 114 valence electrons. The van der Waals surface area contributed by atoms with Gasteiger partial charge in [0.1, 0.15) is 0 Å². The summed E-state index contributed by atoms with van der Waals surface area (Å²) in [4.78, 5) is 24.9. The maximum Gasteiger partial charge on any atom is 0.349 e. The summed E-state index contributed by atoms with van der Waals surface area (Å²) in [5.74, 6) is 0.319. The van der Waals surface area contributed by atoms with Crippen LogP contribution in [0.3, 0.4) is 0 Å². The number of aromatic nitrogens is 4. The Kier molecular flexibility index (Phi) is 2.90. The van der Waals surface area contributed by atoms with Gasteiger partial charge in [-0.3, -0.25) is 9.36 Å². The number of nitrogens with one attached hydrogen (secondary N) is 1. The maximum absolute atomic E-state index is 12.8. The predicted octanol–water partition coefficient (Wildman–Crippen LogP) is 1.69. The lowest BCUT2D eigenvalue weighted by molar-refractivity contribution is 0.765. The standard InChI is InChI=1S/C17H14N4O2/c1-11-6-8-12(9-7-11)10-20-15(22)13-4-2-3-5-14(13)21-16(20)18-19-17(21)23/h2-9H,10H2,1H3,(H,19,23). The van der Waals surface area contributed by atoms with Crippen LogP contribution in [0.15, 0.2) is 58.1 Å². The minimum Gasteiger partial charge on any atom is -0.272 e. The fraction of sp³-hybridized carbons (Fsp3) is 0.118. The van der Waals surface area contributed by atoms with Gasteiger partial charge in [-0.1, -0.05) is 42.0 Å². The largest absolute Gasteiger partial charge is 0.349 e. The molecule has 2 aromatic heterocycles. The van der Waals surface area contributed by atoms with Gasteiger partial charge in [0.15, 0.2) is 0 Å². The number of para-hydroxylation sites is 1. The molecule has 0 fully saturated rings. The average Bonchev–Trinajstić information content (AvgIpc) is 2.95. The summed E-state index contributed by atoms with van der Waals surface area (Å²) in [6, 6.07) is 15.0. The third kappa shape index (κ3) is 2.07. The third-order valence-corrected chi connectivity index (χ3v) is 3.98. The van der Waals surface area contributed by atoms with E-state index in [9.17, 15) is 9.59 Å². The quantitative estimate of drug-likeness (QED) is 0.612. The van der Waals surface area contributed by atoms with E-state index in [1.807, 2.05) is 31.2 Å². The van der Waals surface area contributed by atoms with Crippen LogP contribution in [0.25, 0.3) is 16.7 Å². The topological polar surface area (TPSA) is 72.2 Å². The van der Waals surface area contributed by atoms with E-state index in [2.05, 4.69) is 10.2 Å². The molecule has 4 rings (SSSR count). The highest BCUT2D eigenvalue weighted by Crippen LogP contribution is 2.12. The van der Waals surface area contributed by atoms with Gasteiger partial charge in [-0.25, -0.2) is 14.3 Å². The lowest BCUT2D eigenvalue weighted by Gasteiger charge is -2.10. The van der Waals surface area contributed by atoms with Crippen LogP contribution >= 0.6 is 0 Å². The molecule has 0 saturated carbocycles. The Morgan fingerprint density at radius 1 is 1.04 bits per heavy atom. The second kappa shape index (κ2) is 4.95. The molecule has 0 amide bonds. The Bertz CT molecular complexity index is 1130. The zero-order valence-electron chi connectivity index (χ0n) is 12.5. The number of hydrogen-bond acceptors (Lipinski definition) is 3. The molecule has 2 heterocycles. The molecular formula is C17H14N4O2. The molecule has 23 heavy (non-hydrogen) atoms. The van der Waals surface area contributed by atoms with Crippen LogP contribution in [-0.2, 0) is 6.54 Å². The molecule has 1 N–H and O–H groups in total. The van der Waals surface area contributed by atoms with E-state index in [0.717, 1.165) is 11.1 Å². The van der Waals surface area contributed by atoms with Gasteiger partial charge in [0.2, 0.25) is 5.78 Å². The molecule has 0 aliphatic heterocycles. The molecule has 0 saturated heterocycles. The van der Waals surface area contributed by atoms with E-state index in [0.29, 0.717) is 23.2 Å². The minimum atomic E-state index is -0.353. The molecule has 0 radical (unpaired) electrons. The summed E-state index contributed by atoms with van der Waals surface area (Å²) in [5, 5.41) is 6.96. The van der Waals surface area contributed by atoms with E-state index < -0.39 is 0 Å². The average molecular weight is 306 g/mol. The van der Waals surface area contributed by atoms with Gasteiger partial charge < -0.3 is 0 Å². The summed E-state index contributed by atoms with van der Waals surface area (Å²) in [7, 11) is 0. The first-order valence-corrected chi connectivity index (χ1v) is 7.29. The van der Waals surface area contributed by atoms with E-state index in [4.69, 9.17) is 0 Å². The van der Waals surface area contributed by atoms with Crippen LogP contribution in [0.5, 0.6) is 0 Å². The smallest absolute Gasteiger partial charge is 0.272 e. The zero-order chi connectivity index (χ0) is 16.0. The molecule has 0 spiro atoms. The number of aromatic amines is 1. The van der Waals surface area contributed by atoms with E-state index in [1.54, 1.807) is 24.3 Å². The van der Waals surface area contributed by atoms with Crippen molar-refractivity contribution in [3.8, 4) is 0 Å². The van der Waals surface area contributed by atoms with Crippen molar-refractivity contribution in [2.24, 2.45) is 0 Å². The normalized spacial score (nSPS) is 11.3. The highest BCUT2D eigenvalue weighted by molar-refractivity contribution is 5.80. The Morgan fingerprint density at radius 3 is 2.57 bits per heavy atom. The number of benzene rings is 2. The summed E-state index contributed by atoms with van der Waals surface area (Å²) in [6.07, 6.45) is 0. The first kappa shape index (κ1) is 13.5. The number of rotatable bonds is 2. The monoisotopic (exact) mass is 306 g/mol. The number of fused-ring (bicyclic) bond motifs is 3. The molecule has 0 aliphatic rings. The minimum absolute atomic E-state index is 0.160. The van der Waals surface area contributed by atoms with Crippen LogP contribution in [0, 0.1) is 6.92 Å². The first-order valence-electron chi connectivity index (χ1n) is 7.29. The summed E-state index contributed by atoms with van der Waals surface area (Å²) in [5.41, 5.74) is 2.18. The Morgan fingerprint density at radius 2 is 1.78 bits per heavy atom. The molecule has 0 bridgehead atoms. The predicted molar refractivity (Wildman–Crippen MR) is 87.9 cm³/mol. The zero-order valence-corrected chi connectivity index (χ0v) is 12.5. The SMILES string of the molecule is Cc1ccc(Cn2c(=O)c3ccccc3n3c(=O)[nH]nc23)cc1. The van der Waals surface area contributed by atoms with Crippen LogP contribution in [0.4, 0.5) is 0 Å². The molecule has 0 aliphatic carbocycles. The van der Waals surface area contributed by atoms with Gasteiger partial charge in [-0.15, -0.1) is 5.10 Å². The van der Waals surface area contributed by atoms with Crippen molar-refractivity contribution in [3.63, 3.8) is 0 Å². The van der Waals surface area contributed by atoms with Crippen molar-refractivity contribution in [1.29, 1.82) is 0 Å². The molecule has 6 nitrogen and oxygen atoms in total. The van der Waals surface area contributed by atoms with Gasteiger partial charge in [0.25, 0.3) is 5.56 Å². The second-order valence-electron chi connectivity index (χ2n) is 5.56. The number of hydrogen-bond donors (Lipinski definition) is 1. The van der Waals surface area contributed by atoms with Crippen LogP contribution < -0.4 is 11.2 Å². The van der Waals surface area contributed by atoms with Gasteiger partial charge in [-0.05, 0) is 24.6 Å². The molecule has 4 aromatic rings. The fourth-order valence-corrected chi connectivity index (χ4v) is 2.79. The van der Waals surface area contributed by atoms with Gasteiger partial charge >= 0.3 is 5.69 Å². The lowest BCUT2D eigenvalue weighted by atomic mass is 10.1. The van der Waals surface area contributed by atoms with E-state index >= 15 is 0 Å². The van der Waals surface area contributed by atoms with Gasteiger partial charge in [0.05, 0.1) is 17.4 Å². The molecule has 0 unspecified atom stereocenters. The van der Waals surface area contributed by atoms with Crippen LogP contribution in [0.2, 0.25) is 0 Å². The van der Waals surface area contributed by atoms with Crippen molar-refractivity contribution < 1.29 is 0 Å². The summed E-state index contributed by atoms with van der Waals surface area (Å²) >= 11 is 0. The van der Waals surface area contributed by atoms with Gasteiger partial charge in [-0.2, -0.15) is 0 Å². The number of H-pyrrole nitrogens is 1. The summed E-state index contributed by atoms with van der Waals surface area (Å²) < 4.78 is 2.95. The van der Waals surface area contributed by atoms with Crippen LogP contribution in [0.1, 0.15) is 11.1 Å². The second-order valence-corrected chi connectivity index (χ2v) is 5.56. The van der Waals surface area contributed by atoms with Crippen molar-refractivity contribution in [1.82, 2.24) is 19.2 Å². The number of nitrogens with zero attached hydrogens (tertiary/aromatic N) is 3. The van der Waals surface area contributed by atoms with Crippen molar-refractivity contribution in [3.05, 3.63) is 80.5 Å². The van der Waals surface area contributed by atoms with Crippen molar-refractivity contribution in [2.45, 2.75) is 13.5 Å². The van der Waals surface area contributed by atoms with E-state index in [-0.39, 0.29) is 11.2 Å². The molecule has 2 aromatic carbocycles. The van der Waals surface area contributed by atoms with E-state index in [1.165, 1.54) is 8.97 Å². The van der Waals surface area contributed by atoms with Crippen molar-refractivity contribution >= 4 is 16.7 Å². The summed E-state index contributed by atoms with van der Waals surface area (Å²) in [6.45, 7) is 2.37. The first-order chi connectivity index (χ1) is 11.1. The molecular weight excluding hydrogens is 292 g/mol.